The van der Waals surface area contributed by atoms with Gasteiger partial charge in [-0.3, -0.25) is 9.59 Å². The zero-order chi connectivity index (χ0) is 47.5. The van der Waals surface area contributed by atoms with Crippen LogP contribution in [-0.2, 0) is 57.0 Å². The molecule has 0 saturated carbocycles. The van der Waals surface area contributed by atoms with Crippen molar-refractivity contribution >= 4 is 11.9 Å². The maximum absolute atomic E-state index is 13.8. The van der Waals surface area contributed by atoms with Crippen LogP contribution in [-0.4, -0.2) is 188 Å². The van der Waals surface area contributed by atoms with Crippen molar-refractivity contribution in [2.75, 3.05) is 6.61 Å². The van der Waals surface area contributed by atoms with Gasteiger partial charge in [0.05, 0.1) is 36.9 Å². The van der Waals surface area contributed by atoms with Gasteiger partial charge in [0.25, 0.3) is 0 Å². The van der Waals surface area contributed by atoms with E-state index in [1.807, 2.05) is 0 Å². The first-order chi connectivity index (χ1) is 31.0. The molecule has 0 spiro atoms. The highest BCUT2D eigenvalue weighted by Crippen LogP contribution is 2.38. The maximum atomic E-state index is 13.8. The Balaban J connectivity index is 1.56. The van der Waals surface area contributed by atoms with Gasteiger partial charge in [0.1, 0.15) is 67.1 Å². The molecule has 5 saturated heterocycles. The van der Waals surface area contributed by atoms with Gasteiger partial charge in [0.2, 0.25) is 0 Å². The van der Waals surface area contributed by atoms with Crippen LogP contribution in [0.15, 0.2) is 0 Å². The average molecular weight is 939 g/mol. The van der Waals surface area contributed by atoms with E-state index < -0.39 is 147 Å². The molecule has 5 aliphatic rings. The van der Waals surface area contributed by atoms with E-state index >= 15 is 0 Å². The van der Waals surface area contributed by atoms with E-state index in [2.05, 4.69) is 6.92 Å². The molecule has 65 heavy (non-hydrogen) atoms. The predicted octanol–water partition coefficient (Wildman–Crippen LogP) is 0.980. The largest absolute Gasteiger partial charge is 0.455 e. The van der Waals surface area contributed by atoms with Crippen molar-refractivity contribution < 1.29 is 97.8 Å². The molecule has 0 amide bonds. The number of ether oxygens (including phenoxy) is 10. The Morgan fingerprint density at radius 1 is 0.631 bits per heavy atom. The summed E-state index contributed by atoms with van der Waals surface area (Å²) in [5.74, 6) is -2.12. The molecule has 5 heterocycles. The Morgan fingerprint density at radius 3 is 1.88 bits per heavy atom. The summed E-state index contributed by atoms with van der Waals surface area (Å²) in [7, 11) is 0. The molecule has 20 heteroatoms. The Kier molecular flexibility index (Phi) is 21.5. The second kappa shape index (κ2) is 25.8. The molecule has 20 nitrogen and oxygen atoms in total. The van der Waals surface area contributed by atoms with Crippen LogP contribution in [0, 0.1) is 5.92 Å². The number of esters is 2. The van der Waals surface area contributed by atoms with Crippen molar-refractivity contribution in [2.45, 2.75) is 260 Å². The lowest BCUT2D eigenvalue weighted by Crippen LogP contribution is -2.68. The molecule has 0 aliphatic carbocycles. The number of aliphatic hydroxyl groups is 8. The quantitative estimate of drug-likeness (QED) is 0.112. The smallest absolute Gasteiger partial charge is 0.309 e. The maximum Gasteiger partial charge on any atom is 0.309 e. The van der Waals surface area contributed by atoms with Crippen LogP contribution < -0.4 is 0 Å². The number of carbonyl (C=O) groups is 2. The summed E-state index contributed by atoms with van der Waals surface area (Å²) in [4.78, 5) is 27.5. The molecule has 2 bridgehead atoms. The molecule has 5 fully saturated rings. The Labute approximate surface area is 382 Å². The minimum Gasteiger partial charge on any atom is -0.455 e. The van der Waals surface area contributed by atoms with Gasteiger partial charge in [-0.1, -0.05) is 78.6 Å². The first-order valence-electron chi connectivity index (χ1n) is 24.0. The summed E-state index contributed by atoms with van der Waals surface area (Å²) in [6.45, 7) is 9.26. The molecular formula is C45H78O20. The van der Waals surface area contributed by atoms with Gasteiger partial charge in [-0.25, -0.2) is 0 Å². The van der Waals surface area contributed by atoms with Crippen LogP contribution in [0.1, 0.15) is 131 Å². The van der Waals surface area contributed by atoms with Crippen LogP contribution in [0.4, 0.5) is 0 Å². The molecular weight excluding hydrogens is 860 g/mol. The van der Waals surface area contributed by atoms with Crippen molar-refractivity contribution in [2.24, 2.45) is 5.92 Å². The summed E-state index contributed by atoms with van der Waals surface area (Å²) in [5.41, 5.74) is 0. The minimum atomic E-state index is -1.90. The van der Waals surface area contributed by atoms with Crippen LogP contribution in [0.3, 0.4) is 0 Å². The molecule has 5 rings (SSSR count). The number of fused-ring (bicyclic) bond motifs is 4. The van der Waals surface area contributed by atoms with E-state index in [1.54, 1.807) is 20.8 Å². The summed E-state index contributed by atoms with van der Waals surface area (Å²) in [5, 5.41) is 87.8. The van der Waals surface area contributed by atoms with E-state index in [9.17, 15) is 50.4 Å². The lowest BCUT2D eigenvalue weighted by molar-refractivity contribution is -0.399. The first kappa shape index (κ1) is 54.2. The second-order valence-electron chi connectivity index (χ2n) is 18.5. The molecule has 0 unspecified atom stereocenters. The third-order valence-electron chi connectivity index (χ3n) is 13.4. The van der Waals surface area contributed by atoms with Crippen molar-refractivity contribution in [1.82, 2.24) is 0 Å². The highest BCUT2D eigenvalue weighted by atomic mass is 16.8. The Bertz CT molecular complexity index is 1430. The van der Waals surface area contributed by atoms with Gasteiger partial charge in [-0.2, -0.15) is 0 Å². The zero-order valence-electron chi connectivity index (χ0n) is 38.8. The van der Waals surface area contributed by atoms with Gasteiger partial charge < -0.3 is 88.2 Å². The molecule has 378 valence electrons. The zero-order valence-corrected chi connectivity index (χ0v) is 38.8. The van der Waals surface area contributed by atoms with Crippen LogP contribution in [0.5, 0.6) is 0 Å². The fourth-order valence-electron chi connectivity index (χ4n) is 8.93. The number of hydrogen-bond donors (Lipinski definition) is 8. The third kappa shape index (κ3) is 14.0. The topological polar surface area (TPSA) is 288 Å². The van der Waals surface area contributed by atoms with Crippen molar-refractivity contribution in [3.05, 3.63) is 0 Å². The monoisotopic (exact) mass is 939 g/mol. The molecule has 22 atom stereocenters. The average Bonchev–Trinajstić information content (AvgIpc) is 3.28. The van der Waals surface area contributed by atoms with Gasteiger partial charge in [0, 0.05) is 6.42 Å². The molecule has 8 N–H and O–H groups in total. The lowest BCUT2D eigenvalue weighted by atomic mass is 9.95. The van der Waals surface area contributed by atoms with E-state index in [0.29, 0.717) is 25.7 Å². The van der Waals surface area contributed by atoms with Crippen LogP contribution >= 0.6 is 0 Å². The number of hydrogen-bond acceptors (Lipinski definition) is 20. The number of carbonyl (C=O) groups excluding carboxylic acids is 2. The van der Waals surface area contributed by atoms with Gasteiger partial charge >= 0.3 is 11.9 Å². The van der Waals surface area contributed by atoms with Crippen molar-refractivity contribution in [3.63, 3.8) is 0 Å². The van der Waals surface area contributed by atoms with Crippen molar-refractivity contribution in [3.8, 4) is 0 Å². The Hall–Kier alpha value is -1.70. The first-order valence-corrected chi connectivity index (χ1v) is 24.0. The summed E-state index contributed by atoms with van der Waals surface area (Å²) >= 11 is 0. The SMILES string of the molecule is CCCCC[C@H]1CCCCCCCCCC(=O)O[C@@H]2[C@@H](O[C@@H]3O[C@H](C)[C@@H](O)[C@H](O)[C@H]3O)[C@H](C)O[C@@H](O[C@H]3[C@H](O[C@H]4[C@H](O1)O[C@H](C)[C@@H](O)[C@@H]4O)O[C@H](CO)[C@@H](O)[C@@H]3O)[C@@H]2OC(=O)[C@@H](C)CC. The minimum absolute atomic E-state index is 0.0193. The van der Waals surface area contributed by atoms with Crippen molar-refractivity contribution in [1.29, 1.82) is 0 Å². The number of rotatable bonds is 10. The van der Waals surface area contributed by atoms with Crippen LogP contribution in [0.25, 0.3) is 0 Å². The molecule has 0 aromatic heterocycles. The summed E-state index contributed by atoms with van der Waals surface area (Å²) in [6.07, 6.45) is -20.4. The van der Waals surface area contributed by atoms with Gasteiger partial charge in [0.15, 0.2) is 37.4 Å². The molecule has 0 aromatic rings. The van der Waals surface area contributed by atoms with E-state index in [0.717, 1.165) is 57.8 Å². The highest BCUT2D eigenvalue weighted by molar-refractivity contribution is 5.72. The summed E-state index contributed by atoms with van der Waals surface area (Å²) in [6, 6.07) is 0. The standard InChI is InChI=1S/C45H78O20/c1-7-9-15-18-26-19-16-13-11-10-12-14-17-20-28(47)61-39-36(63-42-35(54)32(51)29(48)23(4)56-42)25(6)58-45(40(39)62-41(55)22(3)8-2)65-38-34(53)31(50)27(21-46)60-44(38)64-37-33(52)30(49)24(5)57-43(37)59-26/h22-27,29-40,42-46,48-54H,7-21H2,1-6H3/t22-,23+,24+,25-,26-,27+,29+,30+,31+,32-,33-,34-,35+,36-,37+,38+,39+,40+,42-,43-,44-,45-/m0/s1. The second-order valence-corrected chi connectivity index (χ2v) is 18.5. The van der Waals surface area contributed by atoms with E-state index in [-0.39, 0.29) is 12.5 Å². The predicted molar refractivity (Wildman–Crippen MR) is 225 cm³/mol. The molecule has 0 radical (unpaired) electrons. The van der Waals surface area contributed by atoms with Gasteiger partial charge in [-0.15, -0.1) is 0 Å². The lowest BCUT2D eigenvalue weighted by Gasteiger charge is -2.50. The Morgan fingerprint density at radius 2 is 1.22 bits per heavy atom. The molecule has 0 aromatic carbocycles. The van der Waals surface area contributed by atoms with Gasteiger partial charge in [-0.05, 0) is 46.5 Å². The van der Waals surface area contributed by atoms with E-state index in [1.165, 1.54) is 13.8 Å². The number of aliphatic hydroxyl groups excluding tert-OH is 8. The summed E-state index contributed by atoms with van der Waals surface area (Å²) < 4.78 is 62.1. The normalized spacial score (nSPS) is 44.8. The fraction of sp³-hybridized carbons (Fsp3) is 0.956. The fourth-order valence-corrected chi connectivity index (χ4v) is 8.93. The number of unbranched alkanes of at least 4 members (excludes halogenated alkanes) is 2. The van der Waals surface area contributed by atoms with Crippen LogP contribution in [0.2, 0.25) is 0 Å². The van der Waals surface area contributed by atoms with E-state index in [4.69, 9.17) is 47.4 Å². The third-order valence-corrected chi connectivity index (χ3v) is 13.4. The molecule has 5 aliphatic heterocycles. The highest BCUT2D eigenvalue weighted by Gasteiger charge is 2.57.